The number of hydrogen-bond donors (Lipinski definition) is 1. The minimum Gasteiger partial charge on any atom is -0.395 e. The second-order valence-corrected chi connectivity index (χ2v) is 5.09. The van der Waals surface area contributed by atoms with Crippen LogP contribution in [0.25, 0.3) is 0 Å². The molecule has 0 radical (unpaired) electrons. The second-order valence-electron chi connectivity index (χ2n) is 5.09. The molecule has 1 heterocycles. The summed E-state index contributed by atoms with van der Waals surface area (Å²) in [5, 5.41) is 9.19. The van der Waals surface area contributed by atoms with Crippen LogP contribution in [0.15, 0.2) is 54.9 Å². The summed E-state index contributed by atoms with van der Waals surface area (Å²) in [5.74, 6) is 0.0381. The molecule has 1 unspecified atom stereocenters. The van der Waals surface area contributed by atoms with Crippen LogP contribution in [0.2, 0.25) is 0 Å². The Morgan fingerprint density at radius 3 is 2.43 bits per heavy atom. The lowest BCUT2D eigenvalue weighted by molar-refractivity contribution is -0.134. The van der Waals surface area contributed by atoms with E-state index in [2.05, 4.69) is 12.1 Å². The Hall–Kier alpha value is -2.07. The van der Waals surface area contributed by atoms with Crippen molar-refractivity contribution in [2.24, 2.45) is 0 Å². The molecule has 1 aromatic carbocycles. The molecule has 0 saturated heterocycles. The van der Waals surface area contributed by atoms with Gasteiger partial charge >= 0.3 is 0 Å². The molecule has 0 fully saturated rings. The van der Waals surface area contributed by atoms with E-state index in [4.69, 9.17) is 0 Å². The Bertz CT molecular complexity index is 537. The van der Waals surface area contributed by atoms with Crippen molar-refractivity contribution in [1.29, 1.82) is 0 Å². The molecule has 0 bridgehead atoms. The molecule has 21 heavy (non-hydrogen) atoms. The maximum atomic E-state index is 12.5. The van der Waals surface area contributed by atoms with Gasteiger partial charge in [0.2, 0.25) is 5.91 Å². The number of benzene rings is 1. The predicted molar refractivity (Wildman–Crippen MR) is 83.0 cm³/mol. The van der Waals surface area contributed by atoms with Gasteiger partial charge in [0.1, 0.15) is 6.04 Å². The molecule has 2 rings (SSSR count). The van der Waals surface area contributed by atoms with Crippen LogP contribution in [0.5, 0.6) is 0 Å². The number of carbonyl (C=O) groups excluding carboxylic acids is 1. The second kappa shape index (κ2) is 7.64. The van der Waals surface area contributed by atoms with Crippen molar-refractivity contribution in [3.63, 3.8) is 0 Å². The van der Waals surface area contributed by atoms with Crippen molar-refractivity contribution >= 4 is 5.91 Å². The van der Waals surface area contributed by atoms with Crippen LogP contribution in [0.1, 0.15) is 18.5 Å². The number of nitrogens with zero attached hydrogens (tertiary/aromatic N) is 2. The molecule has 1 N–H and O–H groups in total. The van der Waals surface area contributed by atoms with E-state index >= 15 is 0 Å². The van der Waals surface area contributed by atoms with Crippen molar-refractivity contribution in [2.75, 3.05) is 19.7 Å². The monoisotopic (exact) mass is 286 g/mol. The lowest BCUT2D eigenvalue weighted by Gasteiger charge is -2.26. The SMILES string of the molecule is CC(C(=O)N(CCO)CCc1ccccc1)n1cccc1. The van der Waals surface area contributed by atoms with E-state index in [9.17, 15) is 9.90 Å². The fourth-order valence-corrected chi connectivity index (χ4v) is 2.36. The smallest absolute Gasteiger partial charge is 0.245 e. The zero-order valence-electron chi connectivity index (χ0n) is 12.4. The predicted octanol–water partition coefficient (Wildman–Crippen LogP) is 2.11. The van der Waals surface area contributed by atoms with Gasteiger partial charge < -0.3 is 14.6 Å². The van der Waals surface area contributed by atoms with Gasteiger partial charge in [-0.1, -0.05) is 30.3 Å². The third-order valence-corrected chi connectivity index (χ3v) is 3.63. The lowest BCUT2D eigenvalue weighted by atomic mass is 10.1. The van der Waals surface area contributed by atoms with Gasteiger partial charge in [-0.2, -0.15) is 0 Å². The van der Waals surface area contributed by atoms with Crippen molar-refractivity contribution in [3.8, 4) is 0 Å². The first-order chi connectivity index (χ1) is 10.2. The summed E-state index contributed by atoms with van der Waals surface area (Å²) in [7, 11) is 0. The maximum absolute atomic E-state index is 12.5. The number of aliphatic hydroxyl groups is 1. The van der Waals surface area contributed by atoms with Crippen molar-refractivity contribution < 1.29 is 9.90 Å². The van der Waals surface area contributed by atoms with E-state index in [1.807, 2.05) is 54.2 Å². The number of amides is 1. The Labute approximate surface area is 125 Å². The van der Waals surface area contributed by atoms with Crippen LogP contribution >= 0.6 is 0 Å². The first-order valence-electron chi connectivity index (χ1n) is 7.28. The molecule has 4 nitrogen and oxygen atoms in total. The quantitative estimate of drug-likeness (QED) is 0.847. The van der Waals surface area contributed by atoms with E-state index in [1.165, 1.54) is 5.56 Å². The maximum Gasteiger partial charge on any atom is 0.245 e. The summed E-state index contributed by atoms with van der Waals surface area (Å²) in [4.78, 5) is 14.3. The highest BCUT2D eigenvalue weighted by Crippen LogP contribution is 2.11. The van der Waals surface area contributed by atoms with Crippen LogP contribution in [0.4, 0.5) is 0 Å². The summed E-state index contributed by atoms with van der Waals surface area (Å²) in [6, 6.07) is 13.6. The van der Waals surface area contributed by atoms with E-state index in [0.29, 0.717) is 13.1 Å². The Balaban J connectivity index is 1.99. The molecule has 112 valence electrons. The van der Waals surface area contributed by atoms with E-state index in [-0.39, 0.29) is 18.6 Å². The van der Waals surface area contributed by atoms with Gasteiger partial charge in [0, 0.05) is 25.5 Å². The number of carbonyl (C=O) groups is 1. The summed E-state index contributed by atoms with van der Waals surface area (Å²) >= 11 is 0. The highest BCUT2D eigenvalue weighted by Gasteiger charge is 2.20. The topological polar surface area (TPSA) is 45.5 Å². The first-order valence-corrected chi connectivity index (χ1v) is 7.28. The van der Waals surface area contributed by atoms with Gasteiger partial charge in [0.05, 0.1) is 6.61 Å². The molecule has 0 aliphatic heterocycles. The molecule has 4 heteroatoms. The zero-order valence-corrected chi connectivity index (χ0v) is 12.4. The Kier molecular flexibility index (Phi) is 5.58. The third kappa shape index (κ3) is 4.20. The van der Waals surface area contributed by atoms with Crippen molar-refractivity contribution in [3.05, 3.63) is 60.4 Å². The van der Waals surface area contributed by atoms with Gasteiger partial charge in [-0.3, -0.25) is 4.79 Å². The molecular weight excluding hydrogens is 264 g/mol. The van der Waals surface area contributed by atoms with Crippen molar-refractivity contribution in [1.82, 2.24) is 9.47 Å². The minimum atomic E-state index is -0.248. The number of aliphatic hydroxyl groups excluding tert-OH is 1. The minimum absolute atomic E-state index is 0.0150. The number of rotatable bonds is 7. The van der Waals surface area contributed by atoms with Crippen LogP contribution < -0.4 is 0 Å². The molecule has 0 aliphatic rings. The van der Waals surface area contributed by atoms with Gasteiger partial charge in [-0.25, -0.2) is 0 Å². The highest BCUT2D eigenvalue weighted by atomic mass is 16.3. The normalized spacial score (nSPS) is 12.1. The van der Waals surface area contributed by atoms with Crippen LogP contribution in [-0.2, 0) is 11.2 Å². The fourth-order valence-electron chi connectivity index (χ4n) is 2.36. The first kappa shape index (κ1) is 15.3. The van der Waals surface area contributed by atoms with Crippen LogP contribution in [0, 0.1) is 0 Å². The van der Waals surface area contributed by atoms with Gasteiger partial charge in [0.15, 0.2) is 0 Å². The average molecular weight is 286 g/mol. The summed E-state index contributed by atoms with van der Waals surface area (Å²) in [5.41, 5.74) is 1.20. The molecular formula is C17H22N2O2. The lowest BCUT2D eigenvalue weighted by Crippen LogP contribution is -2.39. The van der Waals surface area contributed by atoms with E-state index < -0.39 is 0 Å². The summed E-state index contributed by atoms with van der Waals surface area (Å²) in [6.45, 7) is 2.86. The van der Waals surface area contributed by atoms with Crippen molar-refractivity contribution in [2.45, 2.75) is 19.4 Å². The van der Waals surface area contributed by atoms with Gasteiger partial charge in [-0.05, 0) is 31.0 Å². The standard InChI is InChI=1S/C17H22N2O2/c1-15(18-10-5-6-11-18)17(21)19(13-14-20)12-9-16-7-3-2-4-8-16/h2-8,10-11,15,20H,9,12-14H2,1H3. The number of hydrogen-bond acceptors (Lipinski definition) is 2. The third-order valence-electron chi connectivity index (χ3n) is 3.63. The van der Waals surface area contributed by atoms with Gasteiger partial charge in [-0.15, -0.1) is 0 Å². The fraction of sp³-hybridized carbons (Fsp3) is 0.353. The highest BCUT2D eigenvalue weighted by molar-refractivity contribution is 5.80. The molecule has 0 spiro atoms. The molecule has 2 aromatic rings. The van der Waals surface area contributed by atoms with E-state index in [1.54, 1.807) is 4.90 Å². The molecule has 1 amide bonds. The Morgan fingerprint density at radius 2 is 1.81 bits per heavy atom. The van der Waals surface area contributed by atoms with Crippen LogP contribution in [0.3, 0.4) is 0 Å². The molecule has 0 saturated carbocycles. The van der Waals surface area contributed by atoms with Crippen LogP contribution in [-0.4, -0.2) is 40.2 Å². The van der Waals surface area contributed by atoms with Gasteiger partial charge in [0.25, 0.3) is 0 Å². The largest absolute Gasteiger partial charge is 0.395 e. The Morgan fingerprint density at radius 1 is 1.14 bits per heavy atom. The average Bonchev–Trinajstić information content (AvgIpc) is 3.05. The zero-order chi connectivity index (χ0) is 15.1. The number of aromatic nitrogens is 1. The molecule has 1 aromatic heterocycles. The summed E-state index contributed by atoms with van der Waals surface area (Å²) in [6.07, 6.45) is 4.57. The molecule has 0 aliphatic carbocycles. The van der Waals surface area contributed by atoms with E-state index in [0.717, 1.165) is 6.42 Å². The molecule has 1 atom stereocenters. The summed E-state index contributed by atoms with van der Waals surface area (Å²) < 4.78 is 1.88.